The van der Waals surface area contributed by atoms with Crippen LogP contribution in [0.4, 0.5) is 5.69 Å². The van der Waals surface area contributed by atoms with E-state index in [0.717, 1.165) is 12.8 Å². The average molecular weight is 286 g/mol. The lowest BCUT2D eigenvalue weighted by atomic mass is 10.1. The Morgan fingerprint density at radius 1 is 1.47 bits per heavy atom. The Morgan fingerprint density at radius 3 is 2.74 bits per heavy atom. The Morgan fingerprint density at radius 2 is 2.16 bits per heavy atom. The molecule has 0 bridgehead atoms. The lowest BCUT2D eigenvalue weighted by Gasteiger charge is -2.07. The molecule has 0 heterocycles. The third-order valence-electron chi connectivity index (χ3n) is 2.55. The second-order valence-corrected chi connectivity index (χ2v) is 4.95. The number of nitrogens with zero attached hydrogens (tertiary/aromatic N) is 1. The van der Waals surface area contributed by atoms with E-state index >= 15 is 0 Å². The molecule has 1 rings (SSSR count). The van der Waals surface area contributed by atoms with Crippen LogP contribution < -0.4 is 0 Å². The number of ether oxygens (including phenoxy) is 1. The molecule has 0 saturated heterocycles. The summed E-state index contributed by atoms with van der Waals surface area (Å²) in [5.41, 5.74) is -0.265. The number of hydrogen-bond acceptors (Lipinski definition) is 4. The van der Waals surface area contributed by atoms with E-state index in [0.29, 0.717) is 5.92 Å². The zero-order chi connectivity index (χ0) is 14.4. The van der Waals surface area contributed by atoms with E-state index < -0.39 is 10.9 Å². The van der Waals surface area contributed by atoms with Crippen molar-refractivity contribution in [2.75, 3.05) is 6.61 Å². The summed E-state index contributed by atoms with van der Waals surface area (Å²) >= 11 is 5.82. The quantitative estimate of drug-likeness (QED) is 0.344. The van der Waals surface area contributed by atoms with Crippen molar-refractivity contribution < 1.29 is 14.5 Å². The van der Waals surface area contributed by atoms with Gasteiger partial charge in [-0.15, -0.1) is 0 Å². The van der Waals surface area contributed by atoms with Crippen molar-refractivity contribution >= 4 is 23.3 Å². The van der Waals surface area contributed by atoms with Gasteiger partial charge in [-0.2, -0.15) is 0 Å². The van der Waals surface area contributed by atoms with Gasteiger partial charge in [-0.1, -0.05) is 31.5 Å². The smallest absolute Gasteiger partial charge is 0.339 e. The fourth-order valence-corrected chi connectivity index (χ4v) is 1.82. The molecule has 0 radical (unpaired) electrons. The molecule has 0 unspecified atom stereocenters. The fourth-order valence-electron chi connectivity index (χ4n) is 1.55. The number of carbonyl (C=O) groups excluding carboxylic acids is 1. The number of carbonyl (C=O) groups is 1. The number of rotatable bonds is 6. The van der Waals surface area contributed by atoms with Crippen molar-refractivity contribution in [1.82, 2.24) is 0 Å². The van der Waals surface area contributed by atoms with Gasteiger partial charge in [0, 0.05) is 6.07 Å². The van der Waals surface area contributed by atoms with E-state index in [1.165, 1.54) is 18.2 Å². The first-order valence-corrected chi connectivity index (χ1v) is 6.41. The first-order valence-electron chi connectivity index (χ1n) is 6.03. The summed E-state index contributed by atoms with van der Waals surface area (Å²) in [7, 11) is 0. The highest BCUT2D eigenvalue weighted by molar-refractivity contribution is 6.35. The zero-order valence-corrected chi connectivity index (χ0v) is 11.6. The van der Waals surface area contributed by atoms with Crippen LogP contribution in [0.2, 0.25) is 5.02 Å². The van der Waals surface area contributed by atoms with Crippen molar-refractivity contribution in [3.63, 3.8) is 0 Å². The summed E-state index contributed by atoms with van der Waals surface area (Å²) in [5, 5.41) is 10.5. The highest BCUT2D eigenvalue weighted by Crippen LogP contribution is 2.28. The number of halogens is 1. The summed E-state index contributed by atoms with van der Waals surface area (Å²) in [6.45, 7) is 4.45. The maximum atomic E-state index is 11.8. The number of benzene rings is 1. The Labute approximate surface area is 116 Å². The van der Waals surface area contributed by atoms with Crippen molar-refractivity contribution in [3.05, 3.63) is 38.9 Å². The summed E-state index contributed by atoms with van der Waals surface area (Å²) in [6, 6.07) is 4.08. The van der Waals surface area contributed by atoms with Gasteiger partial charge in [0.25, 0.3) is 5.69 Å². The van der Waals surface area contributed by atoms with Crippen molar-refractivity contribution in [3.8, 4) is 0 Å². The second kappa shape index (κ2) is 7.09. The normalized spacial score (nSPS) is 10.5. The summed E-state index contributed by atoms with van der Waals surface area (Å²) in [4.78, 5) is 21.8. The van der Waals surface area contributed by atoms with Crippen LogP contribution in [0.25, 0.3) is 0 Å². The lowest BCUT2D eigenvalue weighted by molar-refractivity contribution is -0.384. The monoisotopic (exact) mass is 285 g/mol. The molecule has 1 aromatic carbocycles. The lowest BCUT2D eigenvalue weighted by Crippen LogP contribution is -2.08. The third kappa shape index (κ3) is 4.52. The number of esters is 1. The number of hydrogen-bond donors (Lipinski definition) is 0. The molecule has 5 nitrogen and oxygen atoms in total. The second-order valence-electron chi connectivity index (χ2n) is 4.57. The van der Waals surface area contributed by atoms with E-state index in [2.05, 4.69) is 13.8 Å². The van der Waals surface area contributed by atoms with Crippen LogP contribution in [0.3, 0.4) is 0 Å². The van der Waals surface area contributed by atoms with Crippen molar-refractivity contribution in [2.24, 2.45) is 5.92 Å². The van der Waals surface area contributed by atoms with E-state index in [-0.39, 0.29) is 22.9 Å². The predicted molar refractivity (Wildman–Crippen MR) is 72.5 cm³/mol. The van der Waals surface area contributed by atoms with Crippen LogP contribution in [-0.4, -0.2) is 17.5 Å². The highest BCUT2D eigenvalue weighted by Gasteiger charge is 2.20. The molecule has 0 aliphatic carbocycles. The first-order chi connectivity index (χ1) is 8.93. The third-order valence-corrected chi connectivity index (χ3v) is 2.95. The molecule has 0 N–H and O–H groups in total. The summed E-state index contributed by atoms with van der Waals surface area (Å²) < 4.78 is 5.05. The van der Waals surface area contributed by atoms with Gasteiger partial charge in [-0.3, -0.25) is 10.1 Å². The van der Waals surface area contributed by atoms with Crippen LogP contribution in [-0.2, 0) is 4.74 Å². The van der Waals surface area contributed by atoms with Crippen LogP contribution in [0.5, 0.6) is 0 Å². The van der Waals surface area contributed by atoms with E-state index in [1.807, 2.05) is 0 Å². The summed E-state index contributed by atoms with van der Waals surface area (Å²) in [5.74, 6) is -0.0856. The molecular weight excluding hydrogens is 270 g/mol. The minimum atomic E-state index is -0.627. The predicted octanol–water partition coefficient (Wildman–Crippen LogP) is 3.84. The van der Waals surface area contributed by atoms with Gasteiger partial charge in [0.1, 0.15) is 5.02 Å². The van der Waals surface area contributed by atoms with Gasteiger partial charge in [0.2, 0.25) is 0 Å². The van der Waals surface area contributed by atoms with Gasteiger partial charge in [-0.05, 0) is 24.8 Å². The molecule has 19 heavy (non-hydrogen) atoms. The van der Waals surface area contributed by atoms with Crippen LogP contribution in [0.15, 0.2) is 18.2 Å². The molecule has 6 heteroatoms. The topological polar surface area (TPSA) is 69.4 Å². The molecule has 1 aromatic rings. The zero-order valence-electron chi connectivity index (χ0n) is 10.9. The molecular formula is C13H16ClNO4. The number of nitro groups is 1. The van der Waals surface area contributed by atoms with Crippen LogP contribution in [0, 0.1) is 16.0 Å². The molecule has 0 amide bonds. The van der Waals surface area contributed by atoms with Gasteiger partial charge >= 0.3 is 5.97 Å². The van der Waals surface area contributed by atoms with Crippen LogP contribution in [0.1, 0.15) is 37.0 Å². The van der Waals surface area contributed by atoms with E-state index in [9.17, 15) is 14.9 Å². The molecule has 0 spiro atoms. The van der Waals surface area contributed by atoms with Crippen molar-refractivity contribution in [2.45, 2.75) is 26.7 Å². The Balaban J connectivity index is 2.67. The first kappa shape index (κ1) is 15.4. The van der Waals surface area contributed by atoms with Gasteiger partial charge < -0.3 is 4.74 Å². The van der Waals surface area contributed by atoms with E-state index in [1.54, 1.807) is 0 Å². The molecule has 0 aliphatic heterocycles. The Hall–Kier alpha value is -1.62. The maximum Gasteiger partial charge on any atom is 0.339 e. The molecule has 0 aromatic heterocycles. The largest absolute Gasteiger partial charge is 0.462 e. The van der Waals surface area contributed by atoms with Gasteiger partial charge in [0.15, 0.2) is 0 Å². The fraction of sp³-hybridized carbons (Fsp3) is 0.462. The molecule has 0 fully saturated rings. The highest BCUT2D eigenvalue weighted by atomic mass is 35.5. The minimum absolute atomic E-state index is 0.0282. The average Bonchev–Trinajstić information content (AvgIpc) is 2.34. The SMILES string of the molecule is CC(C)CCCOC(=O)c1cccc([N+](=O)[O-])c1Cl. The Bertz CT molecular complexity index is 474. The number of nitro benzene ring substituents is 1. The summed E-state index contributed by atoms with van der Waals surface area (Å²) in [6.07, 6.45) is 1.71. The van der Waals surface area contributed by atoms with Crippen LogP contribution >= 0.6 is 11.6 Å². The Kier molecular flexibility index (Phi) is 5.76. The van der Waals surface area contributed by atoms with E-state index in [4.69, 9.17) is 16.3 Å². The van der Waals surface area contributed by atoms with Gasteiger partial charge in [0.05, 0.1) is 17.1 Å². The molecule has 0 aliphatic rings. The van der Waals surface area contributed by atoms with Crippen molar-refractivity contribution in [1.29, 1.82) is 0 Å². The van der Waals surface area contributed by atoms with Gasteiger partial charge in [-0.25, -0.2) is 4.79 Å². The standard InChI is InChI=1S/C13H16ClNO4/c1-9(2)5-4-8-19-13(16)10-6-3-7-11(12(10)14)15(17)18/h3,6-7,9H,4-5,8H2,1-2H3. The molecule has 0 atom stereocenters. The molecule has 0 saturated carbocycles. The molecule has 104 valence electrons. The minimum Gasteiger partial charge on any atom is -0.462 e. The maximum absolute atomic E-state index is 11.8.